The summed E-state index contributed by atoms with van der Waals surface area (Å²) in [4.78, 5) is 0. The molecule has 2 aromatic heterocycles. The summed E-state index contributed by atoms with van der Waals surface area (Å²) in [6.07, 6.45) is 0. The lowest BCUT2D eigenvalue weighted by Crippen LogP contribution is -2.05. The number of fused-ring (bicyclic) bond motifs is 9. The molecule has 9 rings (SSSR count). The third kappa shape index (κ3) is 3.85. The first-order valence-corrected chi connectivity index (χ1v) is 16.1. The van der Waals surface area contributed by atoms with Crippen molar-refractivity contribution in [2.45, 2.75) is 11.5 Å². The predicted octanol–water partition coefficient (Wildman–Crippen LogP) is 9.91. The minimum Gasteiger partial charge on any atom is -0.456 e. The molecule has 0 radical (unpaired) electrons. The molecule has 6 aromatic carbocycles. The quantitative estimate of drug-likeness (QED) is 0.205. The van der Waals surface area contributed by atoms with Crippen molar-refractivity contribution in [3.05, 3.63) is 132 Å². The van der Waals surface area contributed by atoms with Gasteiger partial charge in [-0.15, -0.1) is 0 Å². The molecule has 0 spiro atoms. The first-order valence-electron chi connectivity index (χ1n) is 14.3. The van der Waals surface area contributed by atoms with E-state index in [1.807, 2.05) is 66.7 Å². The Morgan fingerprint density at radius 2 is 1.09 bits per heavy atom. The minimum absolute atomic E-state index is 0.00832. The van der Waals surface area contributed by atoms with Crippen LogP contribution in [0.25, 0.3) is 77.3 Å². The molecule has 1 aliphatic heterocycles. The maximum absolute atomic E-state index is 13.3. The lowest BCUT2D eigenvalue weighted by Gasteiger charge is -2.13. The second-order valence-electron chi connectivity index (χ2n) is 11.4. The molecular weight excluding hydrogens is 552 g/mol. The highest BCUT2D eigenvalue weighted by Gasteiger charge is 2.25. The topological polar surface area (TPSA) is 60.4 Å². The van der Waals surface area contributed by atoms with Crippen molar-refractivity contribution in [3.8, 4) is 33.4 Å². The van der Waals surface area contributed by atoms with Crippen LogP contribution >= 0.6 is 0 Å². The molecule has 0 atom stereocenters. The minimum atomic E-state index is -3.37. The van der Waals surface area contributed by atoms with E-state index in [1.54, 1.807) is 0 Å². The number of hydrogen-bond donors (Lipinski definition) is 0. The molecule has 0 fully saturated rings. The fourth-order valence-corrected chi connectivity index (χ4v) is 8.22. The van der Waals surface area contributed by atoms with Gasteiger partial charge in [0.25, 0.3) is 0 Å². The number of furan rings is 2. The molecule has 4 nitrogen and oxygen atoms in total. The zero-order valence-electron chi connectivity index (χ0n) is 23.0. The van der Waals surface area contributed by atoms with Gasteiger partial charge in [-0.05, 0) is 75.3 Å². The van der Waals surface area contributed by atoms with Crippen molar-refractivity contribution in [2.24, 2.45) is 0 Å². The molecule has 206 valence electrons. The molecule has 0 aliphatic carbocycles. The molecule has 0 unspecified atom stereocenters. The van der Waals surface area contributed by atoms with Crippen LogP contribution in [-0.4, -0.2) is 8.42 Å². The third-order valence-electron chi connectivity index (χ3n) is 8.68. The third-order valence-corrected chi connectivity index (χ3v) is 10.2. The van der Waals surface area contributed by atoms with Crippen LogP contribution in [0.4, 0.5) is 0 Å². The summed E-state index contributed by atoms with van der Waals surface area (Å²) in [5.74, 6) is -0.00434. The average Bonchev–Trinajstić information content (AvgIpc) is 3.55. The van der Waals surface area contributed by atoms with E-state index in [1.165, 1.54) is 0 Å². The summed E-state index contributed by atoms with van der Waals surface area (Å²) in [6.45, 7) is 0. The molecule has 0 saturated heterocycles. The zero-order chi connectivity index (χ0) is 28.7. The van der Waals surface area contributed by atoms with Gasteiger partial charge in [-0.25, -0.2) is 8.42 Å². The Hall–Kier alpha value is -5.13. The Bertz CT molecular complexity index is 2530. The largest absolute Gasteiger partial charge is 0.456 e. The number of hydrogen-bond acceptors (Lipinski definition) is 4. The van der Waals surface area contributed by atoms with Gasteiger partial charge in [0.2, 0.25) is 0 Å². The molecule has 8 aromatic rings. The Balaban J connectivity index is 1.20. The van der Waals surface area contributed by atoms with Crippen molar-refractivity contribution in [3.63, 3.8) is 0 Å². The molecule has 0 bridgehead atoms. The Labute approximate surface area is 247 Å². The van der Waals surface area contributed by atoms with Crippen LogP contribution in [0.2, 0.25) is 0 Å². The van der Waals surface area contributed by atoms with E-state index in [-0.39, 0.29) is 11.5 Å². The predicted molar refractivity (Wildman–Crippen MR) is 174 cm³/mol. The maximum Gasteiger partial charge on any atom is 0.158 e. The van der Waals surface area contributed by atoms with Gasteiger partial charge in [-0.1, -0.05) is 84.9 Å². The second kappa shape index (κ2) is 8.93. The van der Waals surface area contributed by atoms with Crippen LogP contribution in [0.3, 0.4) is 0 Å². The van der Waals surface area contributed by atoms with Crippen molar-refractivity contribution >= 4 is 53.7 Å². The fraction of sp³-hybridized carbons (Fsp3) is 0.0526. The first-order chi connectivity index (χ1) is 21.0. The Morgan fingerprint density at radius 1 is 0.442 bits per heavy atom. The van der Waals surface area contributed by atoms with E-state index in [4.69, 9.17) is 8.83 Å². The van der Waals surface area contributed by atoms with Crippen LogP contribution in [0.5, 0.6) is 0 Å². The second-order valence-corrected chi connectivity index (χ2v) is 13.4. The van der Waals surface area contributed by atoms with Gasteiger partial charge in [-0.3, -0.25) is 0 Å². The molecule has 3 heterocycles. The van der Waals surface area contributed by atoms with Gasteiger partial charge < -0.3 is 8.83 Å². The van der Waals surface area contributed by atoms with E-state index < -0.39 is 9.84 Å². The van der Waals surface area contributed by atoms with E-state index in [2.05, 4.69) is 54.6 Å². The van der Waals surface area contributed by atoms with E-state index >= 15 is 0 Å². The fourth-order valence-electron chi connectivity index (χ4n) is 6.68. The summed E-state index contributed by atoms with van der Waals surface area (Å²) in [6, 6.07) is 40.8. The summed E-state index contributed by atoms with van der Waals surface area (Å²) < 4.78 is 39.1. The van der Waals surface area contributed by atoms with Crippen molar-refractivity contribution in [1.82, 2.24) is 0 Å². The number of para-hydroxylation sites is 3. The smallest absolute Gasteiger partial charge is 0.158 e. The van der Waals surface area contributed by atoms with Crippen molar-refractivity contribution < 1.29 is 17.3 Å². The van der Waals surface area contributed by atoms with E-state index in [9.17, 15) is 8.42 Å². The Kier molecular flexibility index (Phi) is 5.08. The van der Waals surface area contributed by atoms with Gasteiger partial charge in [-0.2, -0.15) is 0 Å². The van der Waals surface area contributed by atoms with Gasteiger partial charge in [0.1, 0.15) is 22.3 Å². The highest BCUT2D eigenvalue weighted by molar-refractivity contribution is 7.89. The van der Waals surface area contributed by atoms with Crippen LogP contribution in [0.15, 0.2) is 130 Å². The normalized spacial score (nSPS) is 14.2. The van der Waals surface area contributed by atoms with Gasteiger partial charge in [0, 0.05) is 27.1 Å². The highest BCUT2D eigenvalue weighted by atomic mass is 32.2. The lowest BCUT2D eigenvalue weighted by molar-refractivity contribution is 0.595. The molecule has 0 saturated carbocycles. The van der Waals surface area contributed by atoms with Crippen LogP contribution in [0, 0.1) is 0 Å². The summed E-state index contributed by atoms with van der Waals surface area (Å²) in [7, 11) is -3.37. The number of sulfone groups is 1. The molecular formula is C38H24O4S. The number of benzene rings is 6. The van der Waals surface area contributed by atoms with Gasteiger partial charge in [0.05, 0.1) is 11.5 Å². The molecule has 0 N–H and O–H groups in total. The number of rotatable bonds is 2. The molecule has 0 amide bonds. The Morgan fingerprint density at radius 3 is 1.95 bits per heavy atom. The van der Waals surface area contributed by atoms with Crippen LogP contribution < -0.4 is 0 Å². The zero-order valence-corrected chi connectivity index (χ0v) is 23.8. The first kappa shape index (κ1) is 24.5. The highest BCUT2D eigenvalue weighted by Crippen LogP contribution is 2.41. The monoisotopic (exact) mass is 576 g/mol. The van der Waals surface area contributed by atoms with Crippen molar-refractivity contribution in [2.75, 3.05) is 0 Å². The summed E-state index contributed by atoms with van der Waals surface area (Å²) >= 11 is 0. The molecule has 43 heavy (non-hydrogen) atoms. The molecule has 5 heteroatoms. The standard InChI is InChI=1S/C38H24O4S/c39-43(40)21-26-13-12-23(24-14-17-32-30-6-1-3-10-35(30)41-37(32)20-24)19-34(26)28-16-15-25(18-27(28)22-43)29-8-5-9-33-31-7-2-4-11-36(31)42-38(29)33/h1-20H,21-22H2. The maximum atomic E-state index is 13.3. The lowest BCUT2D eigenvalue weighted by atomic mass is 9.90. The van der Waals surface area contributed by atoms with Crippen LogP contribution in [0.1, 0.15) is 11.1 Å². The summed E-state index contributed by atoms with van der Waals surface area (Å²) in [5, 5.41) is 4.29. The van der Waals surface area contributed by atoms with E-state index in [0.717, 1.165) is 88.4 Å². The molecule has 1 aliphatic rings. The van der Waals surface area contributed by atoms with Crippen LogP contribution in [-0.2, 0) is 21.3 Å². The van der Waals surface area contributed by atoms with Gasteiger partial charge in [0.15, 0.2) is 9.84 Å². The van der Waals surface area contributed by atoms with E-state index in [0.29, 0.717) is 0 Å². The SMILES string of the molecule is O=S1(=O)Cc2cc(-c3cccc4c3oc3ccccc34)ccc2-c2cc(-c3ccc4c(c3)oc3ccccc34)ccc2C1. The van der Waals surface area contributed by atoms with Gasteiger partial charge >= 0.3 is 0 Å². The summed E-state index contributed by atoms with van der Waals surface area (Å²) in [5.41, 5.74) is 10.8. The van der Waals surface area contributed by atoms with Crippen molar-refractivity contribution in [1.29, 1.82) is 0 Å². The average molecular weight is 577 g/mol.